The van der Waals surface area contributed by atoms with E-state index in [4.69, 9.17) is 0 Å². The molecule has 2 aliphatic rings. The predicted molar refractivity (Wildman–Crippen MR) is 112 cm³/mol. The first-order chi connectivity index (χ1) is 13.8. The molecule has 2 aromatic carbocycles. The number of carbonyl (C=O) groups is 2. The first kappa shape index (κ1) is 19.6. The highest BCUT2D eigenvalue weighted by Crippen LogP contribution is 2.37. The molecule has 7 heteroatoms. The number of benzene rings is 2. The van der Waals surface area contributed by atoms with Gasteiger partial charge in [0.2, 0.25) is 0 Å². The number of hydrogen-bond acceptors (Lipinski definition) is 5. The summed E-state index contributed by atoms with van der Waals surface area (Å²) < 4.78 is 26.0. The van der Waals surface area contributed by atoms with Crippen molar-refractivity contribution in [3.05, 3.63) is 53.6 Å². The van der Waals surface area contributed by atoms with E-state index in [9.17, 15) is 18.0 Å². The van der Waals surface area contributed by atoms with Gasteiger partial charge in [-0.25, -0.2) is 13.3 Å². The number of imide groups is 1. The Morgan fingerprint density at radius 1 is 0.862 bits per heavy atom. The van der Waals surface area contributed by atoms with E-state index in [2.05, 4.69) is 4.90 Å². The number of carbonyl (C=O) groups excluding carboxylic acids is 2. The number of sulfone groups is 1. The Hall–Kier alpha value is -2.67. The minimum atomic E-state index is -3.69. The molecule has 0 aromatic heterocycles. The quantitative estimate of drug-likeness (QED) is 0.717. The van der Waals surface area contributed by atoms with Crippen LogP contribution in [0, 0.1) is 0 Å². The maximum absolute atomic E-state index is 13.0. The van der Waals surface area contributed by atoms with Crippen LogP contribution in [-0.2, 0) is 9.84 Å². The van der Waals surface area contributed by atoms with Crippen molar-refractivity contribution in [1.82, 2.24) is 0 Å². The molecule has 2 aliphatic heterocycles. The second-order valence-electron chi connectivity index (χ2n) is 7.78. The van der Waals surface area contributed by atoms with Gasteiger partial charge in [0.15, 0.2) is 9.84 Å². The smallest absolute Gasteiger partial charge is 0.266 e. The van der Waals surface area contributed by atoms with Crippen LogP contribution in [0.25, 0.3) is 0 Å². The lowest BCUT2D eigenvalue weighted by Gasteiger charge is -2.30. The van der Waals surface area contributed by atoms with E-state index in [0.29, 0.717) is 11.1 Å². The van der Waals surface area contributed by atoms with Gasteiger partial charge in [-0.1, -0.05) is 12.1 Å². The summed E-state index contributed by atoms with van der Waals surface area (Å²) in [6.07, 6.45) is 3.30. The normalized spacial score (nSPS) is 17.2. The maximum Gasteiger partial charge on any atom is 0.266 e. The van der Waals surface area contributed by atoms with Gasteiger partial charge >= 0.3 is 0 Å². The zero-order chi connectivity index (χ0) is 20.8. The van der Waals surface area contributed by atoms with Gasteiger partial charge in [0.05, 0.1) is 27.0 Å². The van der Waals surface area contributed by atoms with Crippen molar-refractivity contribution in [3.63, 3.8) is 0 Å². The lowest BCUT2D eigenvalue weighted by atomic mass is 10.1. The fourth-order valence-electron chi connectivity index (χ4n) is 3.93. The average Bonchev–Trinajstić information content (AvgIpc) is 2.98. The van der Waals surface area contributed by atoms with E-state index in [1.165, 1.54) is 12.5 Å². The van der Waals surface area contributed by atoms with Crippen molar-refractivity contribution < 1.29 is 18.0 Å². The standard InChI is InChI=1S/C22H24N2O4S/c1-15(2)29(27,28)20-11-10-16(23-12-6-3-7-13-23)14-19(20)24-21(25)17-8-4-5-9-18(17)22(24)26/h4-5,8-11,14-15H,3,6-7,12-13H2,1-2H3. The number of rotatable bonds is 4. The minimum Gasteiger partial charge on any atom is -0.371 e. The fourth-order valence-corrected chi connectivity index (χ4v) is 5.14. The molecule has 0 radical (unpaired) electrons. The first-order valence-corrected chi connectivity index (χ1v) is 11.5. The van der Waals surface area contributed by atoms with E-state index in [1.807, 2.05) is 0 Å². The van der Waals surface area contributed by atoms with E-state index in [1.54, 1.807) is 50.2 Å². The van der Waals surface area contributed by atoms with Crippen LogP contribution in [0.4, 0.5) is 11.4 Å². The third kappa shape index (κ3) is 3.23. The van der Waals surface area contributed by atoms with E-state index in [-0.39, 0.29) is 10.6 Å². The third-order valence-corrected chi connectivity index (χ3v) is 7.83. The lowest BCUT2D eigenvalue weighted by molar-refractivity contribution is 0.0925. The molecule has 0 aliphatic carbocycles. The largest absolute Gasteiger partial charge is 0.371 e. The summed E-state index contributed by atoms with van der Waals surface area (Å²) in [5.41, 5.74) is 1.58. The number of amides is 2. The minimum absolute atomic E-state index is 0.0164. The highest BCUT2D eigenvalue weighted by atomic mass is 32.2. The van der Waals surface area contributed by atoms with Crippen LogP contribution in [0.15, 0.2) is 47.4 Å². The number of nitrogens with zero attached hydrogens (tertiary/aromatic N) is 2. The summed E-state index contributed by atoms with van der Waals surface area (Å²) >= 11 is 0. The topological polar surface area (TPSA) is 74.8 Å². The Bertz CT molecular complexity index is 1050. The van der Waals surface area contributed by atoms with Crippen LogP contribution in [-0.4, -0.2) is 38.6 Å². The Morgan fingerprint density at radius 2 is 1.45 bits per heavy atom. The molecule has 0 unspecified atom stereocenters. The molecule has 0 bridgehead atoms. The van der Waals surface area contributed by atoms with Gasteiger partial charge in [-0.05, 0) is 63.4 Å². The van der Waals surface area contributed by atoms with Gasteiger partial charge in [-0.3, -0.25) is 9.59 Å². The van der Waals surface area contributed by atoms with Crippen LogP contribution in [0.1, 0.15) is 53.8 Å². The first-order valence-electron chi connectivity index (χ1n) is 9.93. The van der Waals surface area contributed by atoms with Gasteiger partial charge in [0.1, 0.15) is 0 Å². The summed E-state index contributed by atoms with van der Waals surface area (Å²) in [6, 6.07) is 11.6. The number of anilines is 2. The molecular formula is C22H24N2O4S. The summed E-state index contributed by atoms with van der Waals surface area (Å²) in [5.74, 6) is -0.969. The second kappa shape index (κ2) is 7.30. The zero-order valence-corrected chi connectivity index (χ0v) is 17.4. The molecule has 0 saturated carbocycles. The molecule has 1 fully saturated rings. The average molecular weight is 413 g/mol. The van der Waals surface area contributed by atoms with Gasteiger partial charge in [0.25, 0.3) is 11.8 Å². The van der Waals surface area contributed by atoms with E-state index < -0.39 is 26.9 Å². The van der Waals surface area contributed by atoms with E-state index >= 15 is 0 Å². The van der Waals surface area contributed by atoms with Gasteiger partial charge in [-0.2, -0.15) is 0 Å². The molecule has 6 nitrogen and oxygen atoms in total. The van der Waals surface area contributed by atoms with Crippen molar-refractivity contribution in [2.45, 2.75) is 43.3 Å². The summed E-state index contributed by atoms with van der Waals surface area (Å²) in [4.78, 5) is 29.3. The summed E-state index contributed by atoms with van der Waals surface area (Å²) in [7, 11) is -3.69. The Balaban J connectivity index is 1.88. The van der Waals surface area contributed by atoms with Crippen LogP contribution >= 0.6 is 0 Å². The molecule has 2 amide bonds. The Morgan fingerprint density at radius 3 is 2.00 bits per heavy atom. The highest BCUT2D eigenvalue weighted by molar-refractivity contribution is 7.92. The van der Waals surface area contributed by atoms with E-state index in [0.717, 1.165) is 36.5 Å². The zero-order valence-electron chi connectivity index (χ0n) is 16.6. The molecular weight excluding hydrogens is 388 g/mol. The molecule has 4 rings (SSSR count). The van der Waals surface area contributed by atoms with Crippen LogP contribution in [0.5, 0.6) is 0 Å². The molecule has 2 heterocycles. The van der Waals surface area contributed by atoms with Crippen LogP contribution in [0.2, 0.25) is 0 Å². The van der Waals surface area contributed by atoms with Crippen molar-refractivity contribution in [3.8, 4) is 0 Å². The highest BCUT2D eigenvalue weighted by Gasteiger charge is 2.39. The number of hydrogen-bond donors (Lipinski definition) is 0. The molecule has 152 valence electrons. The fraction of sp³-hybridized carbons (Fsp3) is 0.364. The van der Waals surface area contributed by atoms with Gasteiger partial charge in [-0.15, -0.1) is 0 Å². The van der Waals surface area contributed by atoms with Gasteiger partial charge in [0, 0.05) is 18.8 Å². The van der Waals surface area contributed by atoms with Crippen molar-refractivity contribution in [2.75, 3.05) is 22.9 Å². The molecule has 0 N–H and O–H groups in total. The molecule has 1 saturated heterocycles. The number of piperidine rings is 1. The van der Waals surface area contributed by atoms with Crippen LogP contribution in [0.3, 0.4) is 0 Å². The van der Waals surface area contributed by atoms with Gasteiger partial charge < -0.3 is 4.90 Å². The molecule has 0 spiro atoms. The molecule has 2 aromatic rings. The lowest BCUT2D eigenvalue weighted by Crippen LogP contribution is -2.33. The summed E-state index contributed by atoms with van der Waals surface area (Å²) in [5, 5.41) is -0.669. The molecule has 0 atom stereocenters. The Labute approximate surface area is 171 Å². The third-order valence-electron chi connectivity index (χ3n) is 5.63. The van der Waals surface area contributed by atoms with Crippen molar-refractivity contribution in [1.29, 1.82) is 0 Å². The maximum atomic E-state index is 13.0. The van der Waals surface area contributed by atoms with Crippen LogP contribution < -0.4 is 9.80 Å². The van der Waals surface area contributed by atoms with Crippen molar-refractivity contribution in [2.24, 2.45) is 0 Å². The summed E-state index contributed by atoms with van der Waals surface area (Å²) in [6.45, 7) is 4.94. The number of fused-ring (bicyclic) bond motifs is 1. The molecule has 29 heavy (non-hydrogen) atoms. The second-order valence-corrected chi connectivity index (χ2v) is 10.3. The SMILES string of the molecule is CC(C)S(=O)(=O)c1ccc(N2CCCCC2)cc1N1C(=O)c2ccccc2C1=O. The predicted octanol–water partition coefficient (Wildman–Crippen LogP) is 3.66. The van der Waals surface area contributed by atoms with Crippen molar-refractivity contribution >= 4 is 33.0 Å². The monoisotopic (exact) mass is 412 g/mol. The Kier molecular flexibility index (Phi) is 4.94.